The Morgan fingerprint density at radius 3 is 2.52 bits per heavy atom. The summed E-state index contributed by atoms with van der Waals surface area (Å²) < 4.78 is 10.4. The molecule has 0 N–H and O–H groups in total. The molecule has 0 spiro atoms. The summed E-state index contributed by atoms with van der Waals surface area (Å²) in [7, 11) is 5.34. The van der Waals surface area contributed by atoms with Gasteiger partial charge in [0.1, 0.15) is 5.75 Å². The Balaban J connectivity index is 2.78. The molecule has 0 heterocycles. The third kappa shape index (κ3) is 9.24. The number of methoxy groups -OCH3 is 1. The van der Waals surface area contributed by atoms with Gasteiger partial charge in [0, 0.05) is 24.7 Å². The number of esters is 1. The van der Waals surface area contributed by atoms with E-state index in [4.69, 9.17) is 4.74 Å². The SMILES string of the molecule is CCCOc1ccccc1/C=C/C(=O)N(CCCN(C)C)CCC(=O)OC. The molecule has 1 aromatic rings. The second kappa shape index (κ2) is 12.9. The summed E-state index contributed by atoms with van der Waals surface area (Å²) in [4.78, 5) is 27.8. The molecule has 0 aliphatic heterocycles. The summed E-state index contributed by atoms with van der Waals surface area (Å²) in [5.41, 5.74) is 0.862. The van der Waals surface area contributed by atoms with Gasteiger partial charge in [0.15, 0.2) is 0 Å². The number of nitrogens with zero attached hydrogens (tertiary/aromatic N) is 2. The number of ether oxygens (including phenoxy) is 2. The van der Waals surface area contributed by atoms with Crippen molar-refractivity contribution in [1.82, 2.24) is 9.80 Å². The minimum absolute atomic E-state index is 0.122. The fourth-order valence-corrected chi connectivity index (χ4v) is 2.47. The van der Waals surface area contributed by atoms with Crippen LogP contribution in [0.2, 0.25) is 0 Å². The first-order chi connectivity index (χ1) is 13.0. The van der Waals surface area contributed by atoms with Gasteiger partial charge in [-0.15, -0.1) is 0 Å². The zero-order valence-corrected chi connectivity index (χ0v) is 16.9. The Bertz CT molecular complexity index is 614. The minimum Gasteiger partial charge on any atom is -0.493 e. The molecule has 6 heteroatoms. The minimum atomic E-state index is -0.317. The molecular weight excluding hydrogens is 344 g/mol. The van der Waals surface area contributed by atoms with Crippen molar-refractivity contribution in [2.45, 2.75) is 26.2 Å². The Morgan fingerprint density at radius 1 is 1.11 bits per heavy atom. The van der Waals surface area contributed by atoms with Crippen LogP contribution < -0.4 is 4.74 Å². The van der Waals surface area contributed by atoms with Crippen LogP contribution in [0.5, 0.6) is 5.75 Å². The van der Waals surface area contributed by atoms with Gasteiger partial charge in [-0.1, -0.05) is 25.1 Å². The van der Waals surface area contributed by atoms with E-state index in [-0.39, 0.29) is 18.3 Å². The molecule has 0 aliphatic rings. The number of benzene rings is 1. The molecule has 1 amide bonds. The Hall–Kier alpha value is -2.34. The van der Waals surface area contributed by atoms with Gasteiger partial charge >= 0.3 is 5.97 Å². The van der Waals surface area contributed by atoms with Crippen LogP contribution in [0.4, 0.5) is 0 Å². The molecule has 0 aliphatic carbocycles. The van der Waals surface area contributed by atoms with Gasteiger partial charge in [-0.25, -0.2) is 0 Å². The van der Waals surface area contributed by atoms with Gasteiger partial charge in [-0.3, -0.25) is 9.59 Å². The van der Waals surface area contributed by atoms with Crippen LogP contribution in [0, 0.1) is 0 Å². The van der Waals surface area contributed by atoms with Crippen molar-refractivity contribution in [2.24, 2.45) is 0 Å². The Morgan fingerprint density at radius 2 is 1.85 bits per heavy atom. The third-order valence-corrected chi connectivity index (χ3v) is 3.94. The lowest BCUT2D eigenvalue weighted by molar-refractivity contribution is -0.141. The van der Waals surface area contributed by atoms with Crippen LogP contribution in [0.1, 0.15) is 31.7 Å². The average molecular weight is 376 g/mol. The number of rotatable bonds is 12. The quantitative estimate of drug-likeness (QED) is 0.415. The van der Waals surface area contributed by atoms with E-state index in [0.29, 0.717) is 19.7 Å². The van der Waals surface area contributed by atoms with E-state index in [1.807, 2.05) is 38.4 Å². The van der Waals surface area contributed by atoms with Crippen LogP contribution >= 0.6 is 0 Å². The molecule has 1 rings (SSSR count). The second-order valence-corrected chi connectivity index (χ2v) is 6.53. The van der Waals surface area contributed by atoms with Crippen molar-refractivity contribution < 1.29 is 19.1 Å². The summed E-state index contributed by atoms with van der Waals surface area (Å²) in [6.07, 6.45) is 5.26. The number of para-hydroxylation sites is 1. The largest absolute Gasteiger partial charge is 0.493 e. The highest BCUT2D eigenvalue weighted by atomic mass is 16.5. The number of hydrogen-bond donors (Lipinski definition) is 0. The van der Waals surface area contributed by atoms with Crippen molar-refractivity contribution in [2.75, 3.05) is 47.4 Å². The number of hydrogen-bond acceptors (Lipinski definition) is 5. The predicted octanol–water partition coefficient (Wildman–Crippen LogP) is 2.83. The monoisotopic (exact) mass is 376 g/mol. The van der Waals surface area contributed by atoms with E-state index in [1.54, 1.807) is 17.1 Å². The molecule has 0 saturated carbocycles. The fourth-order valence-electron chi connectivity index (χ4n) is 2.47. The van der Waals surface area contributed by atoms with Gasteiger partial charge in [-0.2, -0.15) is 0 Å². The van der Waals surface area contributed by atoms with Crippen LogP contribution in [-0.2, 0) is 14.3 Å². The van der Waals surface area contributed by atoms with Gasteiger partial charge < -0.3 is 19.3 Å². The summed E-state index contributed by atoms with van der Waals surface area (Å²) >= 11 is 0. The lowest BCUT2D eigenvalue weighted by Gasteiger charge is -2.22. The molecular formula is C21H32N2O4. The first-order valence-corrected chi connectivity index (χ1v) is 9.38. The zero-order chi connectivity index (χ0) is 20.1. The predicted molar refractivity (Wildman–Crippen MR) is 108 cm³/mol. The highest BCUT2D eigenvalue weighted by Crippen LogP contribution is 2.19. The summed E-state index contributed by atoms with van der Waals surface area (Å²) in [6.45, 7) is 4.49. The van der Waals surface area contributed by atoms with E-state index in [0.717, 1.165) is 30.7 Å². The smallest absolute Gasteiger partial charge is 0.307 e. The van der Waals surface area contributed by atoms with Gasteiger partial charge in [0.05, 0.1) is 20.1 Å². The van der Waals surface area contributed by atoms with Crippen molar-refractivity contribution in [3.05, 3.63) is 35.9 Å². The first-order valence-electron chi connectivity index (χ1n) is 9.38. The molecule has 0 unspecified atom stereocenters. The molecule has 0 atom stereocenters. The van der Waals surface area contributed by atoms with E-state index in [2.05, 4.69) is 16.6 Å². The molecule has 0 fully saturated rings. The van der Waals surface area contributed by atoms with Gasteiger partial charge in [0.25, 0.3) is 0 Å². The van der Waals surface area contributed by atoms with E-state index < -0.39 is 0 Å². The highest BCUT2D eigenvalue weighted by Gasteiger charge is 2.13. The van der Waals surface area contributed by atoms with Crippen LogP contribution in [0.3, 0.4) is 0 Å². The van der Waals surface area contributed by atoms with Crippen molar-refractivity contribution in [3.8, 4) is 5.75 Å². The lowest BCUT2D eigenvalue weighted by Crippen LogP contribution is -2.34. The molecule has 6 nitrogen and oxygen atoms in total. The summed E-state index contributed by atoms with van der Waals surface area (Å²) in [5.74, 6) is 0.322. The fraction of sp³-hybridized carbons (Fsp3) is 0.524. The highest BCUT2D eigenvalue weighted by molar-refractivity contribution is 5.92. The molecule has 1 aromatic carbocycles. The molecule has 0 saturated heterocycles. The van der Waals surface area contributed by atoms with E-state index >= 15 is 0 Å². The summed E-state index contributed by atoms with van der Waals surface area (Å²) in [5, 5.41) is 0. The van der Waals surface area contributed by atoms with Gasteiger partial charge in [-0.05, 0) is 45.6 Å². The maximum Gasteiger partial charge on any atom is 0.307 e. The maximum atomic E-state index is 12.7. The van der Waals surface area contributed by atoms with Crippen LogP contribution in [0.15, 0.2) is 30.3 Å². The van der Waals surface area contributed by atoms with Crippen LogP contribution in [-0.4, -0.2) is 69.1 Å². The molecule has 0 bridgehead atoms. The van der Waals surface area contributed by atoms with Crippen molar-refractivity contribution in [3.63, 3.8) is 0 Å². The number of carbonyl (C=O) groups is 2. The molecule has 27 heavy (non-hydrogen) atoms. The van der Waals surface area contributed by atoms with E-state index in [1.165, 1.54) is 7.11 Å². The molecule has 150 valence electrons. The average Bonchev–Trinajstić information content (AvgIpc) is 2.67. The topological polar surface area (TPSA) is 59.1 Å². The van der Waals surface area contributed by atoms with Crippen molar-refractivity contribution >= 4 is 18.0 Å². The number of amides is 1. The normalized spacial score (nSPS) is 11.0. The summed E-state index contributed by atoms with van der Waals surface area (Å²) in [6, 6.07) is 7.63. The third-order valence-electron chi connectivity index (χ3n) is 3.94. The number of carbonyl (C=O) groups excluding carboxylic acids is 2. The molecule has 0 aromatic heterocycles. The maximum absolute atomic E-state index is 12.7. The van der Waals surface area contributed by atoms with Crippen molar-refractivity contribution in [1.29, 1.82) is 0 Å². The standard InChI is InChI=1S/C21H32N2O4/c1-5-17-27-19-10-7-6-9-18(19)11-12-20(24)23(15-8-14-22(2)3)16-13-21(25)26-4/h6-7,9-12H,5,8,13-17H2,1-4H3/b12-11+. The van der Waals surface area contributed by atoms with Crippen LogP contribution in [0.25, 0.3) is 6.08 Å². The zero-order valence-electron chi connectivity index (χ0n) is 16.9. The lowest BCUT2D eigenvalue weighted by atomic mass is 10.2. The Labute approximate surface area is 162 Å². The molecule has 0 radical (unpaired) electrons. The van der Waals surface area contributed by atoms with E-state index in [9.17, 15) is 9.59 Å². The van der Waals surface area contributed by atoms with Gasteiger partial charge in [0.2, 0.25) is 5.91 Å². The first kappa shape index (κ1) is 22.7. The Kier molecular flexibility index (Phi) is 10.9. The second-order valence-electron chi connectivity index (χ2n) is 6.53.